The summed E-state index contributed by atoms with van der Waals surface area (Å²) in [4.78, 5) is 21.9. The predicted molar refractivity (Wildman–Crippen MR) is 121 cm³/mol. The first kappa shape index (κ1) is 21.1. The minimum Gasteiger partial charge on any atom is -0.351 e. The number of nitrogens with one attached hydrogen (secondary N) is 2. The number of nitrogens with zero attached hydrogens (tertiary/aromatic N) is 2. The van der Waals surface area contributed by atoms with E-state index in [0.717, 1.165) is 42.1 Å². The lowest BCUT2D eigenvalue weighted by Crippen LogP contribution is -2.46. The molecule has 0 unspecified atom stereocenters. The van der Waals surface area contributed by atoms with E-state index in [1.165, 1.54) is 6.07 Å². The normalized spacial score (nSPS) is 18.6. The summed E-state index contributed by atoms with van der Waals surface area (Å²) in [7, 11) is 0. The van der Waals surface area contributed by atoms with Gasteiger partial charge in [0.2, 0.25) is 0 Å². The zero-order valence-corrected chi connectivity index (χ0v) is 17.7. The Morgan fingerprint density at radius 3 is 2.90 bits per heavy atom. The van der Waals surface area contributed by atoms with Crippen LogP contribution in [0.3, 0.4) is 0 Å². The Labute approximate surface area is 182 Å². The van der Waals surface area contributed by atoms with Crippen LogP contribution in [0, 0.1) is 12.4 Å². The Morgan fingerprint density at radius 1 is 1.26 bits per heavy atom. The molecule has 2 aromatic carbocycles. The van der Waals surface area contributed by atoms with E-state index in [-0.39, 0.29) is 17.8 Å². The van der Waals surface area contributed by atoms with Crippen molar-refractivity contribution in [2.45, 2.75) is 51.2 Å². The van der Waals surface area contributed by atoms with Crippen molar-refractivity contribution >= 4 is 22.5 Å². The fourth-order valence-corrected chi connectivity index (χ4v) is 4.57. The molecule has 6 heteroatoms. The standard InChI is InChI=1S/C25H27FN4O/c1-3-30(25(31)24-14-18-13-20(27-2)10-11-23(18)29-24)22-9-5-8-21(15-22)28-16-17-6-4-7-19(26)12-17/h4,6-7,10-14,21-22,28-29H,3,5,8-9,15-16H2,1H3/t21-,22+/m1/s1. The van der Waals surface area contributed by atoms with Crippen LogP contribution in [0.5, 0.6) is 0 Å². The van der Waals surface area contributed by atoms with Crippen molar-refractivity contribution < 1.29 is 9.18 Å². The summed E-state index contributed by atoms with van der Waals surface area (Å²) in [5.41, 5.74) is 2.93. The van der Waals surface area contributed by atoms with Crippen LogP contribution in [-0.4, -0.2) is 34.4 Å². The number of carbonyl (C=O) groups excluding carboxylic acids is 1. The molecule has 1 aliphatic carbocycles. The molecule has 4 rings (SSSR count). The van der Waals surface area contributed by atoms with Crippen LogP contribution in [0.25, 0.3) is 15.7 Å². The van der Waals surface area contributed by atoms with Crippen molar-refractivity contribution in [2.75, 3.05) is 6.54 Å². The van der Waals surface area contributed by atoms with Crippen molar-refractivity contribution in [3.8, 4) is 0 Å². The number of H-pyrrole nitrogens is 1. The minimum atomic E-state index is -0.217. The van der Waals surface area contributed by atoms with Gasteiger partial charge in [0.1, 0.15) is 11.5 Å². The third-order valence-corrected chi connectivity index (χ3v) is 6.14. The molecule has 2 N–H and O–H groups in total. The second-order valence-electron chi connectivity index (χ2n) is 8.19. The number of fused-ring (bicyclic) bond motifs is 1. The molecule has 0 spiro atoms. The van der Waals surface area contributed by atoms with Crippen molar-refractivity contribution in [3.05, 3.63) is 77.0 Å². The highest BCUT2D eigenvalue weighted by molar-refractivity contribution is 5.98. The number of aromatic amines is 1. The van der Waals surface area contributed by atoms with Gasteiger partial charge in [0, 0.05) is 30.7 Å². The van der Waals surface area contributed by atoms with Gasteiger partial charge in [-0.15, -0.1) is 0 Å². The van der Waals surface area contributed by atoms with Gasteiger partial charge in [0.15, 0.2) is 5.69 Å². The Kier molecular flexibility index (Phi) is 6.34. The van der Waals surface area contributed by atoms with Gasteiger partial charge < -0.3 is 15.2 Å². The summed E-state index contributed by atoms with van der Waals surface area (Å²) in [6, 6.07) is 14.4. The highest BCUT2D eigenvalue weighted by atomic mass is 19.1. The quantitative estimate of drug-likeness (QED) is 0.525. The maximum Gasteiger partial charge on any atom is 0.270 e. The molecule has 1 saturated carbocycles. The van der Waals surface area contributed by atoms with E-state index in [4.69, 9.17) is 6.57 Å². The first-order valence-electron chi connectivity index (χ1n) is 10.9. The lowest BCUT2D eigenvalue weighted by atomic mass is 9.89. The van der Waals surface area contributed by atoms with E-state index in [9.17, 15) is 9.18 Å². The van der Waals surface area contributed by atoms with Crippen LogP contribution in [0.1, 0.15) is 48.7 Å². The fourth-order valence-electron chi connectivity index (χ4n) is 4.57. The molecule has 160 valence electrons. The summed E-state index contributed by atoms with van der Waals surface area (Å²) >= 11 is 0. The Bertz CT molecular complexity index is 1120. The number of amides is 1. The van der Waals surface area contributed by atoms with Gasteiger partial charge in [-0.2, -0.15) is 0 Å². The summed E-state index contributed by atoms with van der Waals surface area (Å²) in [6.07, 6.45) is 3.98. The summed E-state index contributed by atoms with van der Waals surface area (Å²) in [5.74, 6) is -0.218. The van der Waals surface area contributed by atoms with E-state index in [0.29, 0.717) is 30.5 Å². The maximum atomic E-state index is 13.4. The van der Waals surface area contributed by atoms with Gasteiger partial charge in [-0.25, -0.2) is 9.24 Å². The van der Waals surface area contributed by atoms with Gasteiger partial charge in [0.05, 0.1) is 6.57 Å². The topological polar surface area (TPSA) is 52.5 Å². The SMILES string of the molecule is [C-]#[N+]c1ccc2[nH]c(C(=O)N(CC)[C@H]3CCC[C@@H](NCc4cccc(F)c4)C3)cc2c1. The van der Waals surface area contributed by atoms with E-state index < -0.39 is 0 Å². The Morgan fingerprint density at radius 2 is 2.13 bits per heavy atom. The van der Waals surface area contributed by atoms with Crippen LogP contribution >= 0.6 is 0 Å². The van der Waals surface area contributed by atoms with Crippen LogP contribution in [0.15, 0.2) is 48.5 Å². The molecule has 0 radical (unpaired) electrons. The number of rotatable bonds is 6. The van der Waals surface area contributed by atoms with Gasteiger partial charge in [0.25, 0.3) is 5.91 Å². The zero-order chi connectivity index (χ0) is 21.8. The molecule has 0 saturated heterocycles. The molecule has 5 nitrogen and oxygen atoms in total. The van der Waals surface area contributed by atoms with Gasteiger partial charge in [-0.1, -0.05) is 18.2 Å². The number of halogens is 1. The van der Waals surface area contributed by atoms with Crippen molar-refractivity contribution in [1.82, 2.24) is 15.2 Å². The lowest BCUT2D eigenvalue weighted by molar-refractivity contribution is 0.0623. The summed E-state index contributed by atoms with van der Waals surface area (Å²) in [6.45, 7) is 10.5. The molecule has 1 aliphatic rings. The molecule has 0 aliphatic heterocycles. The average Bonchev–Trinajstić information content (AvgIpc) is 3.22. The average molecular weight is 419 g/mol. The van der Waals surface area contributed by atoms with Gasteiger partial charge in [-0.3, -0.25) is 4.79 Å². The van der Waals surface area contributed by atoms with Crippen molar-refractivity contribution in [1.29, 1.82) is 0 Å². The second kappa shape index (κ2) is 9.32. The third kappa shape index (κ3) is 4.78. The molecule has 1 heterocycles. The van der Waals surface area contributed by atoms with Crippen molar-refractivity contribution in [2.24, 2.45) is 0 Å². The number of benzene rings is 2. The molecular weight excluding hydrogens is 391 g/mol. The molecule has 1 fully saturated rings. The Balaban J connectivity index is 1.44. The van der Waals surface area contributed by atoms with Crippen LogP contribution in [0.4, 0.5) is 10.1 Å². The zero-order valence-electron chi connectivity index (χ0n) is 17.7. The Hall–Kier alpha value is -3.17. The maximum absolute atomic E-state index is 13.4. The van der Waals surface area contributed by atoms with Gasteiger partial charge >= 0.3 is 0 Å². The molecule has 3 aromatic rings. The number of aromatic nitrogens is 1. The van der Waals surface area contributed by atoms with Crippen LogP contribution in [-0.2, 0) is 6.54 Å². The van der Waals surface area contributed by atoms with Crippen LogP contribution < -0.4 is 5.32 Å². The van der Waals surface area contributed by atoms with Gasteiger partial charge in [-0.05, 0) is 73.9 Å². The van der Waals surface area contributed by atoms with Crippen molar-refractivity contribution in [3.63, 3.8) is 0 Å². The molecular formula is C25H27FN4O. The first-order valence-corrected chi connectivity index (χ1v) is 10.9. The highest BCUT2D eigenvalue weighted by Gasteiger charge is 2.29. The second-order valence-corrected chi connectivity index (χ2v) is 8.19. The molecule has 1 aromatic heterocycles. The minimum absolute atomic E-state index is 0.00107. The monoisotopic (exact) mass is 418 g/mol. The van der Waals surface area contributed by atoms with E-state index in [1.54, 1.807) is 24.3 Å². The van der Waals surface area contributed by atoms with Crippen LogP contribution in [0.2, 0.25) is 0 Å². The summed E-state index contributed by atoms with van der Waals surface area (Å²) in [5, 5.41) is 4.43. The number of hydrogen-bond acceptors (Lipinski definition) is 2. The molecule has 31 heavy (non-hydrogen) atoms. The number of carbonyl (C=O) groups is 1. The van der Waals surface area contributed by atoms with E-state index in [2.05, 4.69) is 15.1 Å². The molecule has 2 atom stereocenters. The lowest BCUT2D eigenvalue weighted by Gasteiger charge is -2.37. The largest absolute Gasteiger partial charge is 0.351 e. The highest BCUT2D eigenvalue weighted by Crippen LogP contribution is 2.27. The van der Waals surface area contributed by atoms with E-state index >= 15 is 0 Å². The van der Waals surface area contributed by atoms with E-state index in [1.807, 2.05) is 30.0 Å². The predicted octanol–water partition coefficient (Wildman–Crippen LogP) is 5.42. The smallest absolute Gasteiger partial charge is 0.270 e. The third-order valence-electron chi connectivity index (χ3n) is 6.14. The molecule has 0 bridgehead atoms. The summed E-state index contributed by atoms with van der Waals surface area (Å²) < 4.78 is 13.4. The first-order chi connectivity index (χ1) is 15.1. The fraction of sp³-hybridized carbons (Fsp3) is 0.360. The number of hydrogen-bond donors (Lipinski definition) is 2. The molecule has 1 amide bonds.